The van der Waals surface area contributed by atoms with Gasteiger partial charge in [-0.1, -0.05) is 42.5 Å². The number of nitrogens with one attached hydrogen (secondary N) is 2. The molecule has 0 atom stereocenters. The van der Waals surface area contributed by atoms with E-state index in [-0.39, 0.29) is 35.9 Å². The fourth-order valence-corrected chi connectivity index (χ4v) is 4.26. The Hall–Kier alpha value is -3.76. The summed E-state index contributed by atoms with van der Waals surface area (Å²) >= 11 is 0. The van der Waals surface area contributed by atoms with E-state index in [1.807, 2.05) is 18.2 Å². The molecule has 1 amide bonds. The fraction of sp³-hybridized carbons (Fsp3) is 0.130. The quantitative estimate of drug-likeness (QED) is 0.412. The van der Waals surface area contributed by atoms with E-state index < -0.39 is 21.7 Å². The van der Waals surface area contributed by atoms with Crippen LogP contribution in [0.2, 0.25) is 0 Å². The van der Waals surface area contributed by atoms with Gasteiger partial charge in [0.05, 0.1) is 10.4 Å². The third-order valence-corrected chi connectivity index (χ3v) is 6.36. The van der Waals surface area contributed by atoms with Gasteiger partial charge in [0.1, 0.15) is 12.4 Å². The van der Waals surface area contributed by atoms with Crippen LogP contribution in [-0.2, 0) is 34.5 Å². The Morgan fingerprint density at radius 3 is 2.36 bits per heavy atom. The van der Waals surface area contributed by atoms with Crippen LogP contribution in [0.15, 0.2) is 86.9 Å². The molecule has 0 aliphatic carbocycles. The number of halogens is 1. The molecule has 33 heavy (non-hydrogen) atoms. The summed E-state index contributed by atoms with van der Waals surface area (Å²) in [4.78, 5) is 24.5. The van der Waals surface area contributed by atoms with E-state index in [0.717, 1.165) is 10.1 Å². The van der Waals surface area contributed by atoms with Crippen molar-refractivity contribution in [2.24, 2.45) is 0 Å². The number of hydrogen-bond donors (Lipinski definition) is 2. The predicted molar refractivity (Wildman–Crippen MR) is 119 cm³/mol. The highest BCUT2D eigenvalue weighted by atomic mass is 32.2. The van der Waals surface area contributed by atoms with Gasteiger partial charge in [-0.25, -0.2) is 22.3 Å². The number of aromatic nitrogens is 1. The van der Waals surface area contributed by atoms with Crippen molar-refractivity contribution in [3.63, 3.8) is 0 Å². The Balaban J connectivity index is 1.47. The third kappa shape index (κ3) is 5.36. The highest BCUT2D eigenvalue weighted by molar-refractivity contribution is 7.89. The molecule has 0 radical (unpaired) electrons. The van der Waals surface area contributed by atoms with Crippen LogP contribution in [0, 0.1) is 5.82 Å². The average Bonchev–Trinajstić information content (AvgIpc) is 3.12. The molecular weight excluding hydrogens is 449 g/mol. The Labute approximate surface area is 188 Å². The molecule has 170 valence electrons. The second kappa shape index (κ2) is 9.39. The molecule has 4 rings (SSSR count). The largest absolute Gasteiger partial charge is 0.420 e. The van der Waals surface area contributed by atoms with Crippen molar-refractivity contribution in [3.05, 3.63) is 100 Å². The van der Waals surface area contributed by atoms with Crippen molar-refractivity contribution in [1.29, 1.82) is 0 Å². The molecule has 0 fully saturated rings. The van der Waals surface area contributed by atoms with Crippen molar-refractivity contribution in [2.75, 3.05) is 0 Å². The number of carbonyl (C=O) groups is 1. The maximum atomic E-state index is 13.0. The zero-order valence-corrected chi connectivity index (χ0v) is 18.1. The summed E-state index contributed by atoms with van der Waals surface area (Å²) in [6.07, 6.45) is 0. The van der Waals surface area contributed by atoms with Gasteiger partial charge in [0, 0.05) is 19.2 Å². The van der Waals surface area contributed by atoms with Crippen LogP contribution >= 0.6 is 0 Å². The first-order valence-corrected chi connectivity index (χ1v) is 11.5. The summed E-state index contributed by atoms with van der Waals surface area (Å²) in [5.41, 5.74) is 1.84. The Morgan fingerprint density at radius 1 is 0.939 bits per heavy atom. The van der Waals surface area contributed by atoms with Crippen LogP contribution in [0.25, 0.3) is 11.1 Å². The lowest BCUT2D eigenvalue weighted by atomic mass is 10.2. The molecule has 10 heteroatoms. The molecule has 0 aliphatic rings. The molecule has 8 nitrogen and oxygen atoms in total. The molecule has 0 spiro atoms. The van der Waals surface area contributed by atoms with Crippen LogP contribution in [0.3, 0.4) is 0 Å². The SMILES string of the molecule is O=C(Cn1c(=O)oc2cc(S(=O)(=O)NCc3ccccc3)ccc21)NCc1ccc(F)cc1. The van der Waals surface area contributed by atoms with Gasteiger partial charge >= 0.3 is 5.76 Å². The monoisotopic (exact) mass is 469 g/mol. The van der Waals surface area contributed by atoms with E-state index >= 15 is 0 Å². The molecule has 0 aliphatic heterocycles. The zero-order valence-electron chi connectivity index (χ0n) is 17.3. The van der Waals surface area contributed by atoms with Gasteiger partial charge in [-0.3, -0.25) is 9.36 Å². The van der Waals surface area contributed by atoms with Gasteiger partial charge in [-0.2, -0.15) is 0 Å². The number of nitrogens with zero attached hydrogens (tertiary/aromatic N) is 1. The molecule has 4 aromatic rings. The third-order valence-electron chi connectivity index (χ3n) is 4.96. The van der Waals surface area contributed by atoms with Crippen LogP contribution in [0.1, 0.15) is 11.1 Å². The molecule has 0 saturated heterocycles. The van der Waals surface area contributed by atoms with Crippen LogP contribution in [0.5, 0.6) is 0 Å². The van der Waals surface area contributed by atoms with E-state index in [1.54, 1.807) is 24.3 Å². The maximum absolute atomic E-state index is 13.0. The highest BCUT2D eigenvalue weighted by Crippen LogP contribution is 2.19. The Kier molecular flexibility index (Phi) is 6.38. The van der Waals surface area contributed by atoms with Crippen LogP contribution in [-0.4, -0.2) is 18.9 Å². The molecule has 1 heterocycles. The number of hydrogen-bond acceptors (Lipinski definition) is 5. The Bertz CT molecular complexity index is 1450. The van der Waals surface area contributed by atoms with Crippen molar-refractivity contribution in [1.82, 2.24) is 14.6 Å². The van der Waals surface area contributed by atoms with Gasteiger partial charge < -0.3 is 9.73 Å². The minimum absolute atomic E-state index is 0.0499. The number of rotatable bonds is 8. The first kappa shape index (κ1) is 22.4. The lowest BCUT2D eigenvalue weighted by molar-refractivity contribution is -0.121. The average molecular weight is 469 g/mol. The number of benzene rings is 3. The summed E-state index contributed by atoms with van der Waals surface area (Å²) in [5.74, 6) is -1.61. The maximum Gasteiger partial charge on any atom is 0.420 e. The number of carbonyl (C=O) groups excluding carboxylic acids is 1. The number of sulfonamides is 1. The molecule has 2 N–H and O–H groups in total. The topological polar surface area (TPSA) is 110 Å². The first-order valence-electron chi connectivity index (χ1n) is 10.00. The van der Waals surface area contributed by atoms with E-state index in [1.165, 1.54) is 30.3 Å². The fourth-order valence-electron chi connectivity index (χ4n) is 3.22. The number of oxazole rings is 1. The lowest BCUT2D eigenvalue weighted by Crippen LogP contribution is -2.30. The standard InChI is InChI=1S/C23H20FN3O5S/c24-18-8-6-17(7-9-18)13-25-22(28)15-27-20-11-10-19(12-21(20)32-23(27)29)33(30,31)26-14-16-4-2-1-3-5-16/h1-12,26H,13-15H2,(H,25,28). The summed E-state index contributed by atoms with van der Waals surface area (Å²) in [7, 11) is -3.85. The lowest BCUT2D eigenvalue weighted by Gasteiger charge is -2.08. The van der Waals surface area contributed by atoms with Gasteiger partial charge in [0.25, 0.3) is 0 Å². The molecule has 1 aromatic heterocycles. The Morgan fingerprint density at radius 2 is 1.64 bits per heavy atom. The number of amides is 1. The molecule has 0 unspecified atom stereocenters. The van der Waals surface area contributed by atoms with Gasteiger partial charge in [-0.05, 0) is 35.4 Å². The van der Waals surface area contributed by atoms with E-state index in [4.69, 9.17) is 4.42 Å². The van der Waals surface area contributed by atoms with Crippen molar-refractivity contribution < 1.29 is 22.0 Å². The second-order valence-electron chi connectivity index (χ2n) is 7.30. The second-order valence-corrected chi connectivity index (χ2v) is 9.06. The normalized spacial score (nSPS) is 11.5. The van der Waals surface area contributed by atoms with Crippen LogP contribution in [0.4, 0.5) is 4.39 Å². The smallest absolute Gasteiger partial charge is 0.408 e. The van der Waals surface area contributed by atoms with E-state index in [2.05, 4.69) is 10.0 Å². The molecule has 3 aromatic carbocycles. The summed E-state index contributed by atoms with van der Waals surface area (Å²) < 4.78 is 47.0. The van der Waals surface area contributed by atoms with Crippen molar-refractivity contribution in [2.45, 2.75) is 24.5 Å². The molecule has 0 bridgehead atoms. The van der Waals surface area contributed by atoms with Crippen LogP contribution < -0.4 is 15.8 Å². The van der Waals surface area contributed by atoms with Crippen molar-refractivity contribution >= 4 is 27.0 Å². The first-order chi connectivity index (χ1) is 15.8. The van der Waals surface area contributed by atoms with Gasteiger partial charge in [0.2, 0.25) is 15.9 Å². The summed E-state index contributed by atoms with van der Waals surface area (Å²) in [5, 5.41) is 2.65. The highest BCUT2D eigenvalue weighted by Gasteiger charge is 2.18. The van der Waals surface area contributed by atoms with Gasteiger partial charge in [-0.15, -0.1) is 0 Å². The van der Waals surface area contributed by atoms with E-state index in [0.29, 0.717) is 11.1 Å². The molecule has 0 saturated carbocycles. The molecular formula is C23H20FN3O5S. The van der Waals surface area contributed by atoms with Gasteiger partial charge in [0.15, 0.2) is 5.58 Å². The number of fused-ring (bicyclic) bond motifs is 1. The summed E-state index contributed by atoms with van der Waals surface area (Å²) in [6, 6.07) is 18.7. The summed E-state index contributed by atoms with van der Waals surface area (Å²) in [6.45, 7) is -0.0368. The minimum atomic E-state index is -3.85. The minimum Gasteiger partial charge on any atom is -0.408 e. The predicted octanol–water partition coefficient (Wildman–Crippen LogP) is 2.53. The van der Waals surface area contributed by atoms with Crippen molar-refractivity contribution in [3.8, 4) is 0 Å². The van der Waals surface area contributed by atoms with E-state index in [9.17, 15) is 22.4 Å². The zero-order chi connectivity index (χ0) is 23.4.